The number of ether oxygens (including phenoxy) is 2. The van der Waals surface area contributed by atoms with E-state index in [0.717, 1.165) is 5.56 Å². The molecule has 0 saturated carbocycles. The molecule has 0 radical (unpaired) electrons. The second kappa shape index (κ2) is 5.39. The van der Waals surface area contributed by atoms with Crippen LogP contribution in [0.1, 0.15) is 12.5 Å². The largest absolute Gasteiger partial charge is 0.454 e. The fourth-order valence-electron chi connectivity index (χ4n) is 1.55. The van der Waals surface area contributed by atoms with Crippen LogP contribution in [0.4, 0.5) is 0 Å². The number of likely N-dealkylation sites (N-methyl/N-ethyl adjacent to an activating group) is 1. The quantitative estimate of drug-likeness (QED) is 0.750. The van der Waals surface area contributed by atoms with E-state index < -0.39 is 11.8 Å². The molecule has 18 heavy (non-hydrogen) atoms. The van der Waals surface area contributed by atoms with Crippen molar-refractivity contribution in [2.24, 2.45) is 0 Å². The maximum Gasteiger partial charge on any atom is 0.309 e. The van der Waals surface area contributed by atoms with Crippen LogP contribution in [0, 0.1) is 0 Å². The van der Waals surface area contributed by atoms with E-state index in [0.29, 0.717) is 18.0 Å². The molecule has 0 fully saturated rings. The van der Waals surface area contributed by atoms with E-state index in [1.165, 1.54) is 0 Å². The number of rotatable bonds is 3. The van der Waals surface area contributed by atoms with Gasteiger partial charge in [0.05, 0.1) is 0 Å². The van der Waals surface area contributed by atoms with Gasteiger partial charge in [-0.05, 0) is 24.6 Å². The van der Waals surface area contributed by atoms with Gasteiger partial charge >= 0.3 is 11.8 Å². The molecule has 1 aliphatic rings. The van der Waals surface area contributed by atoms with Gasteiger partial charge in [0.1, 0.15) is 0 Å². The van der Waals surface area contributed by atoms with E-state index in [9.17, 15) is 9.59 Å². The van der Waals surface area contributed by atoms with Gasteiger partial charge in [0, 0.05) is 13.1 Å². The number of hydrogen-bond acceptors (Lipinski definition) is 4. The van der Waals surface area contributed by atoms with Crippen LogP contribution in [0.15, 0.2) is 18.2 Å². The van der Waals surface area contributed by atoms with Gasteiger partial charge in [0.25, 0.3) is 0 Å². The molecule has 0 aromatic heterocycles. The molecule has 2 N–H and O–H groups in total. The summed E-state index contributed by atoms with van der Waals surface area (Å²) in [6, 6.07) is 5.36. The SMILES string of the molecule is CCNC(=O)C(=O)NCc1ccc2c(c1)OCO2. The predicted octanol–water partition coefficient (Wildman–Crippen LogP) is 0.168. The number of fused-ring (bicyclic) bond motifs is 1. The van der Waals surface area contributed by atoms with Gasteiger partial charge in [-0.3, -0.25) is 9.59 Å². The Hall–Kier alpha value is -2.24. The van der Waals surface area contributed by atoms with E-state index in [2.05, 4.69) is 10.6 Å². The Morgan fingerprint density at radius 2 is 1.89 bits per heavy atom. The first-order chi connectivity index (χ1) is 8.70. The van der Waals surface area contributed by atoms with Gasteiger partial charge in [-0.25, -0.2) is 0 Å². The van der Waals surface area contributed by atoms with Crippen molar-refractivity contribution in [3.05, 3.63) is 23.8 Å². The number of benzene rings is 1. The second-order valence-electron chi connectivity index (χ2n) is 3.73. The Labute approximate surface area is 104 Å². The van der Waals surface area contributed by atoms with Crippen LogP contribution in [0.3, 0.4) is 0 Å². The summed E-state index contributed by atoms with van der Waals surface area (Å²) < 4.78 is 10.4. The molecule has 96 valence electrons. The average molecular weight is 250 g/mol. The number of carbonyl (C=O) groups is 2. The summed E-state index contributed by atoms with van der Waals surface area (Å²) in [4.78, 5) is 22.5. The van der Waals surface area contributed by atoms with Crippen LogP contribution in [0.25, 0.3) is 0 Å². The number of carbonyl (C=O) groups excluding carboxylic acids is 2. The lowest BCUT2D eigenvalue weighted by molar-refractivity contribution is -0.139. The monoisotopic (exact) mass is 250 g/mol. The number of nitrogens with one attached hydrogen (secondary N) is 2. The third kappa shape index (κ3) is 2.71. The Bertz CT molecular complexity index is 473. The van der Waals surface area contributed by atoms with E-state index in [1.807, 2.05) is 6.07 Å². The van der Waals surface area contributed by atoms with Crippen molar-refractivity contribution in [2.45, 2.75) is 13.5 Å². The highest BCUT2D eigenvalue weighted by atomic mass is 16.7. The molecule has 1 aliphatic heterocycles. The maximum absolute atomic E-state index is 11.4. The second-order valence-corrected chi connectivity index (χ2v) is 3.73. The standard InChI is InChI=1S/C12H14N2O4/c1-2-13-11(15)12(16)14-6-8-3-4-9-10(5-8)18-7-17-9/h3-5H,2,6-7H2,1H3,(H,13,15)(H,14,16). The Balaban J connectivity index is 1.90. The Morgan fingerprint density at radius 1 is 1.17 bits per heavy atom. The fraction of sp³-hybridized carbons (Fsp3) is 0.333. The van der Waals surface area contributed by atoms with Gasteiger partial charge in [0.15, 0.2) is 11.5 Å². The molecule has 0 bridgehead atoms. The number of amides is 2. The maximum atomic E-state index is 11.4. The summed E-state index contributed by atoms with van der Waals surface area (Å²) >= 11 is 0. The summed E-state index contributed by atoms with van der Waals surface area (Å²) in [6.45, 7) is 2.66. The highest BCUT2D eigenvalue weighted by Crippen LogP contribution is 2.32. The highest BCUT2D eigenvalue weighted by Gasteiger charge is 2.15. The molecule has 2 amide bonds. The third-order valence-corrected chi connectivity index (χ3v) is 2.43. The molecule has 1 aromatic carbocycles. The smallest absolute Gasteiger partial charge is 0.309 e. The predicted molar refractivity (Wildman–Crippen MR) is 63.1 cm³/mol. The van der Waals surface area contributed by atoms with Crippen molar-refractivity contribution in [1.29, 1.82) is 0 Å². The third-order valence-electron chi connectivity index (χ3n) is 2.43. The molecule has 6 heteroatoms. The molecular formula is C12H14N2O4. The van der Waals surface area contributed by atoms with Crippen molar-refractivity contribution in [3.63, 3.8) is 0 Å². The van der Waals surface area contributed by atoms with Gasteiger partial charge in [-0.2, -0.15) is 0 Å². The molecule has 6 nitrogen and oxygen atoms in total. The van der Waals surface area contributed by atoms with Gasteiger partial charge in [-0.1, -0.05) is 6.07 Å². The van der Waals surface area contributed by atoms with E-state index in [4.69, 9.17) is 9.47 Å². The first kappa shape index (κ1) is 12.2. The fourth-order valence-corrected chi connectivity index (χ4v) is 1.55. The summed E-state index contributed by atoms with van der Waals surface area (Å²) in [5.74, 6) is 0.0707. The van der Waals surface area contributed by atoms with Crippen molar-refractivity contribution in [1.82, 2.24) is 10.6 Å². The molecule has 0 spiro atoms. The lowest BCUT2D eigenvalue weighted by Crippen LogP contribution is -2.39. The molecular weight excluding hydrogens is 236 g/mol. The van der Waals surface area contributed by atoms with Crippen molar-refractivity contribution < 1.29 is 19.1 Å². The Morgan fingerprint density at radius 3 is 2.67 bits per heavy atom. The van der Waals surface area contributed by atoms with Crippen molar-refractivity contribution in [2.75, 3.05) is 13.3 Å². The normalized spacial score (nSPS) is 12.1. The average Bonchev–Trinajstić information content (AvgIpc) is 2.83. The molecule has 2 rings (SSSR count). The van der Waals surface area contributed by atoms with Crippen LogP contribution >= 0.6 is 0 Å². The minimum Gasteiger partial charge on any atom is -0.454 e. The van der Waals surface area contributed by atoms with Gasteiger partial charge < -0.3 is 20.1 Å². The zero-order valence-electron chi connectivity index (χ0n) is 9.99. The topological polar surface area (TPSA) is 76.7 Å². The van der Waals surface area contributed by atoms with E-state index >= 15 is 0 Å². The minimum absolute atomic E-state index is 0.212. The Kier molecular flexibility index (Phi) is 3.66. The summed E-state index contributed by atoms with van der Waals surface area (Å²) in [5.41, 5.74) is 0.844. The van der Waals surface area contributed by atoms with Crippen LogP contribution in [0.5, 0.6) is 11.5 Å². The molecule has 0 atom stereocenters. The lowest BCUT2D eigenvalue weighted by Gasteiger charge is -2.05. The van der Waals surface area contributed by atoms with Crippen LogP contribution in [0.2, 0.25) is 0 Å². The van der Waals surface area contributed by atoms with Crippen LogP contribution in [-0.2, 0) is 16.1 Å². The van der Waals surface area contributed by atoms with Gasteiger partial charge in [0.2, 0.25) is 6.79 Å². The van der Waals surface area contributed by atoms with Gasteiger partial charge in [-0.15, -0.1) is 0 Å². The zero-order valence-corrected chi connectivity index (χ0v) is 9.99. The first-order valence-corrected chi connectivity index (χ1v) is 5.65. The molecule has 0 aliphatic carbocycles. The lowest BCUT2D eigenvalue weighted by atomic mass is 10.2. The molecule has 1 heterocycles. The van der Waals surface area contributed by atoms with Crippen molar-refractivity contribution in [3.8, 4) is 11.5 Å². The zero-order chi connectivity index (χ0) is 13.0. The van der Waals surface area contributed by atoms with Crippen LogP contribution in [-0.4, -0.2) is 25.2 Å². The minimum atomic E-state index is -0.644. The summed E-state index contributed by atoms with van der Waals surface area (Å²) in [5, 5.41) is 4.95. The molecule has 0 saturated heterocycles. The molecule has 1 aromatic rings. The highest BCUT2D eigenvalue weighted by molar-refractivity contribution is 6.35. The van der Waals surface area contributed by atoms with Crippen molar-refractivity contribution >= 4 is 11.8 Å². The first-order valence-electron chi connectivity index (χ1n) is 5.65. The number of hydrogen-bond donors (Lipinski definition) is 2. The molecule has 0 unspecified atom stereocenters. The summed E-state index contributed by atoms with van der Waals surface area (Å²) in [6.07, 6.45) is 0. The van der Waals surface area contributed by atoms with Crippen LogP contribution < -0.4 is 20.1 Å². The van der Waals surface area contributed by atoms with E-state index in [1.54, 1.807) is 19.1 Å². The van der Waals surface area contributed by atoms with E-state index in [-0.39, 0.29) is 13.3 Å². The summed E-state index contributed by atoms with van der Waals surface area (Å²) in [7, 11) is 0.